The van der Waals surface area contributed by atoms with Gasteiger partial charge < -0.3 is 19.2 Å². The van der Waals surface area contributed by atoms with Crippen molar-refractivity contribution in [2.45, 2.75) is 6.92 Å². The van der Waals surface area contributed by atoms with Crippen LogP contribution in [0.25, 0.3) is 33.5 Å². The normalized spacial score (nSPS) is 10.8. The van der Waals surface area contributed by atoms with Crippen LogP contribution in [0.4, 0.5) is 0 Å². The summed E-state index contributed by atoms with van der Waals surface area (Å²) in [5, 5.41) is 0. The number of nitrogens with one attached hydrogen (secondary N) is 1. The zero-order valence-corrected chi connectivity index (χ0v) is 17.2. The first kappa shape index (κ1) is 19.6. The van der Waals surface area contributed by atoms with Crippen LogP contribution in [0.15, 0.2) is 66.9 Å². The van der Waals surface area contributed by atoms with Gasteiger partial charge in [-0.05, 0) is 48.4 Å². The highest BCUT2D eigenvalue weighted by Gasteiger charge is 2.30. The minimum atomic E-state index is -0.348. The van der Waals surface area contributed by atoms with Crippen LogP contribution in [0, 0.1) is 0 Å². The van der Waals surface area contributed by atoms with Gasteiger partial charge >= 0.3 is 5.97 Å². The lowest BCUT2D eigenvalue weighted by atomic mass is 9.98. The standard InChI is InChI=1S/C25H23NO4/c1-4-30-25(27)23-21(16-7-11-18(28-2)12-8-16)20-6-5-15-26-24(20)22(23)17-9-13-19(29-3)14-10-17/h5-15,26H,4H2,1-3H3. The number of hydrogen-bond acceptors (Lipinski definition) is 4. The molecule has 1 aliphatic carbocycles. The minimum Gasteiger partial charge on any atom is -0.497 e. The summed E-state index contributed by atoms with van der Waals surface area (Å²) in [4.78, 5) is 16.5. The molecule has 0 saturated heterocycles. The van der Waals surface area contributed by atoms with Crippen molar-refractivity contribution in [1.29, 1.82) is 0 Å². The zero-order valence-electron chi connectivity index (χ0n) is 17.2. The number of aromatic nitrogens is 1. The monoisotopic (exact) mass is 401 g/mol. The highest BCUT2D eigenvalue weighted by Crippen LogP contribution is 2.47. The first-order chi connectivity index (χ1) is 14.7. The number of benzene rings is 2. The van der Waals surface area contributed by atoms with E-state index < -0.39 is 0 Å². The van der Waals surface area contributed by atoms with Gasteiger partial charge in [0, 0.05) is 22.9 Å². The molecular formula is C25H23NO4. The fourth-order valence-electron chi connectivity index (χ4n) is 3.75. The van der Waals surface area contributed by atoms with E-state index >= 15 is 0 Å². The Balaban J connectivity index is 2.02. The molecule has 0 amide bonds. The summed E-state index contributed by atoms with van der Waals surface area (Å²) in [5.41, 5.74) is 5.87. The summed E-state index contributed by atoms with van der Waals surface area (Å²) in [6, 6.07) is 19.3. The number of aromatic amines is 1. The molecule has 1 N–H and O–H groups in total. The molecule has 2 aromatic rings. The second-order valence-electron chi connectivity index (χ2n) is 6.76. The number of carbonyl (C=O) groups is 1. The lowest BCUT2D eigenvalue weighted by Gasteiger charge is -2.09. The van der Waals surface area contributed by atoms with E-state index in [1.807, 2.05) is 73.8 Å². The molecule has 30 heavy (non-hydrogen) atoms. The van der Waals surface area contributed by atoms with Crippen LogP contribution in [0.5, 0.6) is 11.5 Å². The Bertz CT molecular complexity index is 1050. The topological polar surface area (TPSA) is 60.5 Å². The summed E-state index contributed by atoms with van der Waals surface area (Å²) in [5.74, 6) is 1.17. The molecular weight excluding hydrogens is 378 g/mol. The van der Waals surface area contributed by atoms with Gasteiger partial charge in [0.2, 0.25) is 0 Å². The highest BCUT2D eigenvalue weighted by atomic mass is 16.5. The van der Waals surface area contributed by atoms with Gasteiger partial charge in [-0.3, -0.25) is 0 Å². The molecule has 5 heteroatoms. The van der Waals surface area contributed by atoms with Crippen LogP contribution in [-0.2, 0) is 4.74 Å². The van der Waals surface area contributed by atoms with Crippen molar-refractivity contribution in [2.75, 3.05) is 20.8 Å². The SMILES string of the molecule is CCOC(=O)c1c(-c2ccc(OC)cc2)c2ccc[nH]c-2c1-c1ccc(OC)cc1. The number of hydrogen-bond donors (Lipinski definition) is 1. The summed E-state index contributed by atoms with van der Waals surface area (Å²) < 4.78 is 16.1. The van der Waals surface area contributed by atoms with Crippen molar-refractivity contribution in [1.82, 2.24) is 4.98 Å². The van der Waals surface area contributed by atoms with E-state index in [9.17, 15) is 4.79 Å². The Kier molecular flexibility index (Phi) is 5.44. The lowest BCUT2D eigenvalue weighted by molar-refractivity contribution is 0.0528. The molecule has 2 aromatic carbocycles. The van der Waals surface area contributed by atoms with E-state index in [0.717, 1.165) is 45.0 Å². The molecule has 0 aromatic heterocycles. The maximum Gasteiger partial charge on any atom is 0.339 e. The maximum absolute atomic E-state index is 13.2. The number of fused-ring (bicyclic) bond motifs is 1. The summed E-state index contributed by atoms with van der Waals surface area (Å²) in [6.07, 6.45) is 1.86. The molecule has 1 aliphatic heterocycles. The van der Waals surface area contributed by atoms with Crippen LogP contribution in [0.2, 0.25) is 0 Å². The third-order valence-electron chi connectivity index (χ3n) is 5.11. The molecule has 152 valence electrons. The van der Waals surface area contributed by atoms with Gasteiger partial charge in [-0.25, -0.2) is 4.79 Å². The zero-order chi connectivity index (χ0) is 21.1. The molecule has 1 heterocycles. The highest BCUT2D eigenvalue weighted by molar-refractivity contribution is 6.13. The molecule has 5 nitrogen and oxygen atoms in total. The summed E-state index contributed by atoms with van der Waals surface area (Å²) in [6.45, 7) is 2.11. The van der Waals surface area contributed by atoms with Crippen molar-refractivity contribution in [3.8, 4) is 45.0 Å². The average Bonchev–Trinajstić information content (AvgIpc) is 3.14. The number of esters is 1. The first-order valence-corrected chi connectivity index (χ1v) is 9.77. The second kappa shape index (κ2) is 8.33. The van der Waals surface area contributed by atoms with Gasteiger partial charge in [-0.15, -0.1) is 0 Å². The smallest absolute Gasteiger partial charge is 0.339 e. The van der Waals surface area contributed by atoms with Crippen molar-refractivity contribution in [2.24, 2.45) is 0 Å². The Morgan fingerprint density at radius 2 is 1.40 bits per heavy atom. The number of rotatable bonds is 6. The number of carbonyl (C=O) groups excluding carboxylic acids is 1. The van der Waals surface area contributed by atoms with Gasteiger partial charge in [0.1, 0.15) is 11.5 Å². The van der Waals surface area contributed by atoms with E-state index in [2.05, 4.69) is 4.98 Å². The molecule has 0 bridgehead atoms. The van der Waals surface area contributed by atoms with E-state index in [4.69, 9.17) is 14.2 Å². The van der Waals surface area contributed by atoms with Gasteiger partial charge in [0.05, 0.1) is 32.1 Å². The third-order valence-corrected chi connectivity index (χ3v) is 5.11. The molecule has 0 saturated carbocycles. The maximum atomic E-state index is 13.2. The van der Waals surface area contributed by atoms with Crippen LogP contribution >= 0.6 is 0 Å². The van der Waals surface area contributed by atoms with Crippen molar-refractivity contribution in [3.05, 3.63) is 72.4 Å². The molecule has 0 unspecified atom stereocenters. The van der Waals surface area contributed by atoms with Crippen LogP contribution in [0.1, 0.15) is 17.3 Å². The molecule has 0 fully saturated rings. The number of pyridine rings is 1. The van der Waals surface area contributed by atoms with Gasteiger partial charge in [-0.1, -0.05) is 30.3 Å². The van der Waals surface area contributed by atoms with Gasteiger partial charge in [-0.2, -0.15) is 0 Å². The predicted octanol–water partition coefficient (Wildman–Crippen LogP) is 5.65. The van der Waals surface area contributed by atoms with Crippen molar-refractivity contribution in [3.63, 3.8) is 0 Å². The van der Waals surface area contributed by atoms with Crippen LogP contribution in [-0.4, -0.2) is 31.8 Å². The number of methoxy groups -OCH3 is 2. The Morgan fingerprint density at radius 3 is 1.93 bits per heavy atom. The molecule has 0 atom stereocenters. The van der Waals surface area contributed by atoms with Crippen molar-refractivity contribution < 1.29 is 19.0 Å². The van der Waals surface area contributed by atoms with E-state index in [1.165, 1.54) is 0 Å². The van der Waals surface area contributed by atoms with Crippen LogP contribution in [0.3, 0.4) is 0 Å². The Hall–Kier alpha value is -3.73. The third kappa shape index (κ3) is 3.39. The molecule has 0 radical (unpaired) electrons. The quantitative estimate of drug-likeness (QED) is 0.424. The predicted molar refractivity (Wildman–Crippen MR) is 117 cm³/mol. The van der Waals surface area contributed by atoms with E-state index in [0.29, 0.717) is 12.2 Å². The van der Waals surface area contributed by atoms with Crippen LogP contribution < -0.4 is 9.47 Å². The minimum absolute atomic E-state index is 0.300. The summed E-state index contributed by atoms with van der Waals surface area (Å²) in [7, 11) is 3.26. The summed E-state index contributed by atoms with van der Waals surface area (Å²) >= 11 is 0. The Labute approximate surface area is 175 Å². The fourth-order valence-corrected chi connectivity index (χ4v) is 3.75. The molecule has 4 rings (SSSR count). The second-order valence-corrected chi connectivity index (χ2v) is 6.76. The first-order valence-electron chi connectivity index (χ1n) is 9.77. The van der Waals surface area contributed by atoms with Crippen molar-refractivity contribution >= 4 is 5.97 Å². The van der Waals surface area contributed by atoms with E-state index in [-0.39, 0.29) is 5.97 Å². The fraction of sp³-hybridized carbons (Fsp3) is 0.160. The number of H-pyrrole nitrogens is 1. The van der Waals surface area contributed by atoms with Gasteiger partial charge in [0.15, 0.2) is 0 Å². The largest absolute Gasteiger partial charge is 0.497 e. The average molecular weight is 401 g/mol. The lowest BCUT2D eigenvalue weighted by Crippen LogP contribution is -2.06. The molecule has 2 aliphatic rings. The van der Waals surface area contributed by atoms with E-state index in [1.54, 1.807) is 14.2 Å². The molecule has 0 spiro atoms. The Morgan fingerprint density at radius 1 is 0.833 bits per heavy atom. The van der Waals surface area contributed by atoms with Gasteiger partial charge in [0.25, 0.3) is 0 Å². The number of ether oxygens (including phenoxy) is 3.